The summed E-state index contributed by atoms with van der Waals surface area (Å²) in [5, 5.41) is 10.3. The molecule has 2 N–H and O–H groups in total. The topological polar surface area (TPSA) is 97.3 Å². The Morgan fingerprint density at radius 2 is 2.16 bits per heavy atom. The third-order valence-corrected chi connectivity index (χ3v) is 9.02. The fourth-order valence-corrected chi connectivity index (χ4v) is 7.39. The number of thiophene rings is 1. The third-order valence-electron chi connectivity index (χ3n) is 7.69. The van der Waals surface area contributed by atoms with Gasteiger partial charge in [-0.2, -0.15) is 15.2 Å². The Bertz CT molecular complexity index is 1660. The largest absolute Gasteiger partial charge is 0.480 e. The van der Waals surface area contributed by atoms with Crippen LogP contribution in [0.15, 0.2) is 18.2 Å². The molecule has 0 radical (unpaired) electrons. The Balaban J connectivity index is 1.49. The number of nitriles is 1. The molecule has 38 heavy (non-hydrogen) atoms. The van der Waals surface area contributed by atoms with Crippen molar-refractivity contribution in [3.8, 4) is 29.1 Å². The molecule has 196 valence electrons. The fraction of sp³-hybridized carbons (Fsp3) is 0.370. The van der Waals surface area contributed by atoms with E-state index in [9.17, 15) is 9.65 Å². The molecule has 0 spiro atoms. The Kier molecular flexibility index (Phi) is 6.05. The molecule has 4 heterocycles. The van der Waals surface area contributed by atoms with Crippen LogP contribution in [0.2, 0.25) is 5.02 Å². The van der Waals surface area contributed by atoms with E-state index in [0.717, 1.165) is 43.7 Å². The molecular formula is C27H24ClF2N5O2S. The van der Waals surface area contributed by atoms with Crippen molar-refractivity contribution in [2.45, 2.75) is 31.7 Å². The van der Waals surface area contributed by atoms with Crippen LogP contribution in [0.5, 0.6) is 11.9 Å². The molecule has 4 aromatic rings. The first kappa shape index (κ1) is 25.0. The molecule has 0 amide bonds. The number of fused-ring (bicyclic) bond motifs is 3. The van der Waals surface area contributed by atoms with Crippen molar-refractivity contribution in [1.82, 2.24) is 14.9 Å². The molecule has 11 heteroatoms. The Morgan fingerprint density at radius 1 is 1.34 bits per heavy atom. The minimum absolute atomic E-state index is 0.00375. The van der Waals surface area contributed by atoms with Gasteiger partial charge in [-0.15, -0.1) is 11.3 Å². The van der Waals surface area contributed by atoms with E-state index < -0.39 is 11.6 Å². The van der Waals surface area contributed by atoms with Crippen molar-refractivity contribution in [2.75, 3.05) is 32.5 Å². The molecule has 2 aliphatic heterocycles. The maximum atomic E-state index is 16.3. The van der Waals surface area contributed by atoms with Gasteiger partial charge in [-0.3, -0.25) is 4.90 Å². The summed E-state index contributed by atoms with van der Waals surface area (Å²) in [5.74, 6) is -0.611. The van der Waals surface area contributed by atoms with Crippen molar-refractivity contribution in [3.63, 3.8) is 0 Å². The van der Waals surface area contributed by atoms with Crippen LogP contribution in [0, 0.1) is 28.9 Å². The number of aromatic nitrogens is 2. The zero-order valence-electron chi connectivity index (χ0n) is 20.8. The number of nitrogen functional groups attached to an aromatic ring is 1. The smallest absolute Gasteiger partial charge is 0.320 e. The summed E-state index contributed by atoms with van der Waals surface area (Å²) in [6, 6.07) is 6.12. The van der Waals surface area contributed by atoms with E-state index in [2.05, 4.69) is 21.8 Å². The van der Waals surface area contributed by atoms with E-state index in [1.165, 1.54) is 25.3 Å². The molecule has 7 nitrogen and oxygen atoms in total. The molecule has 2 aliphatic rings. The highest BCUT2D eigenvalue weighted by Gasteiger charge is 2.47. The summed E-state index contributed by atoms with van der Waals surface area (Å²) < 4.78 is 42.6. The Labute approximate surface area is 226 Å². The van der Waals surface area contributed by atoms with Crippen LogP contribution in [-0.4, -0.2) is 47.2 Å². The van der Waals surface area contributed by atoms with Crippen LogP contribution in [0.3, 0.4) is 0 Å². The molecule has 0 saturated carbocycles. The molecule has 2 saturated heterocycles. The highest BCUT2D eigenvalue weighted by molar-refractivity contribution is 7.23. The average molecular weight is 556 g/mol. The minimum atomic E-state index is -0.755. The lowest BCUT2D eigenvalue weighted by Gasteiger charge is -2.31. The van der Waals surface area contributed by atoms with Gasteiger partial charge in [0.15, 0.2) is 5.82 Å². The summed E-state index contributed by atoms with van der Waals surface area (Å²) in [6.07, 6.45) is 3.16. The Morgan fingerprint density at radius 3 is 2.92 bits per heavy atom. The lowest BCUT2D eigenvalue weighted by molar-refractivity contribution is 0.107. The van der Waals surface area contributed by atoms with Crippen LogP contribution in [0.1, 0.15) is 31.7 Å². The van der Waals surface area contributed by atoms with Gasteiger partial charge in [0.25, 0.3) is 0 Å². The lowest BCUT2D eigenvalue weighted by Crippen LogP contribution is -2.43. The summed E-state index contributed by atoms with van der Waals surface area (Å²) >= 11 is 7.52. The molecule has 0 bridgehead atoms. The average Bonchev–Trinajstić information content (AvgIpc) is 3.53. The number of benzene rings is 2. The van der Waals surface area contributed by atoms with E-state index in [4.69, 9.17) is 26.8 Å². The summed E-state index contributed by atoms with van der Waals surface area (Å²) in [6.45, 7) is 4.70. The van der Waals surface area contributed by atoms with Crippen LogP contribution >= 0.6 is 22.9 Å². The highest BCUT2D eigenvalue weighted by Crippen LogP contribution is 2.46. The van der Waals surface area contributed by atoms with Crippen LogP contribution in [0.4, 0.5) is 13.8 Å². The second-order valence-electron chi connectivity index (χ2n) is 10.1. The van der Waals surface area contributed by atoms with E-state index in [0.29, 0.717) is 12.5 Å². The number of hydrogen-bond donors (Lipinski definition) is 1. The summed E-state index contributed by atoms with van der Waals surface area (Å²) in [5.41, 5.74) is 6.16. The molecular weight excluding hydrogens is 532 g/mol. The van der Waals surface area contributed by atoms with Crippen LogP contribution < -0.4 is 15.2 Å². The van der Waals surface area contributed by atoms with Gasteiger partial charge in [0.05, 0.1) is 33.3 Å². The van der Waals surface area contributed by atoms with Gasteiger partial charge in [0, 0.05) is 17.5 Å². The van der Waals surface area contributed by atoms with Crippen molar-refractivity contribution >= 4 is 48.9 Å². The van der Waals surface area contributed by atoms with Gasteiger partial charge >= 0.3 is 6.01 Å². The molecule has 2 aromatic heterocycles. The zero-order valence-corrected chi connectivity index (χ0v) is 22.3. The molecule has 2 atom stereocenters. The molecule has 0 aliphatic carbocycles. The molecule has 2 fully saturated rings. The minimum Gasteiger partial charge on any atom is -0.480 e. The van der Waals surface area contributed by atoms with Gasteiger partial charge in [-0.05, 0) is 49.4 Å². The molecule has 2 aromatic carbocycles. The zero-order chi connectivity index (χ0) is 26.8. The van der Waals surface area contributed by atoms with Crippen molar-refractivity contribution in [3.05, 3.63) is 40.4 Å². The maximum absolute atomic E-state index is 16.3. The predicted octanol–water partition coefficient (Wildman–Crippen LogP) is 6.16. The predicted molar refractivity (Wildman–Crippen MR) is 144 cm³/mol. The first-order valence-corrected chi connectivity index (χ1v) is 13.5. The number of nitrogens with zero attached hydrogens (tertiary/aromatic N) is 4. The van der Waals surface area contributed by atoms with Crippen molar-refractivity contribution in [2.24, 2.45) is 5.92 Å². The Hall–Kier alpha value is -3.26. The number of halogens is 3. The monoisotopic (exact) mass is 555 g/mol. The van der Waals surface area contributed by atoms with E-state index in [1.54, 1.807) is 0 Å². The number of methoxy groups -OCH3 is 1. The number of hydrogen-bond acceptors (Lipinski definition) is 8. The van der Waals surface area contributed by atoms with E-state index >= 15 is 4.39 Å². The van der Waals surface area contributed by atoms with Crippen LogP contribution in [-0.2, 0) is 0 Å². The number of anilines is 1. The highest BCUT2D eigenvalue weighted by atomic mass is 35.5. The fourth-order valence-electron chi connectivity index (χ4n) is 6.15. The van der Waals surface area contributed by atoms with Crippen molar-refractivity contribution < 1.29 is 18.3 Å². The van der Waals surface area contributed by atoms with Gasteiger partial charge in [-0.25, -0.2) is 8.78 Å². The SMILES string of the molecule is COc1nc(OC[C@@]23CCCN2C[C@H](C)C3)nc2c(F)c(-c3ccc(F)c4sc(N)c(C#N)c34)c(Cl)cc12. The first-order valence-electron chi connectivity index (χ1n) is 12.3. The number of nitrogens with two attached hydrogens (primary N) is 1. The standard InChI is InChI=1S/C27H24ClF2N5O2S/c1-13-9-27(6-3-7-35(27)11-13)12-37-26-33-22-15(25(34-26)36-2)8-17(28)20(21(22)30)14-4-5-18(29)23-19(14)16(10-31)24(32)38-23/h4-5,8,13H,3,6-7,9,11-12,32H2,1-2H3/t13-,27+/m1/s1. The third kappa shape index (κ3) is 3.75. The lowest BCUT2D eigenvalue weighted by atomic mass is 9.92. The van der Waals surface area contributed by atoms with E-state index in [-0.39, 0.29) is 65.1 Å². The number of ether oxygens (including phenoxy) is 2. The van der Waals surface area contributed by atoms with Crippen molar-refractivity contribution in [1.29, 1.82) is 5.26 Å². The van der Waals surface area contributed by atoms with Gasteiger partial charge in [-0.1, -0.05) is 24.6 Å². The van der Waals surface area contributed by atoms with Gasteiger partial charge in [0.2, 0.25) is 5.88 Å². The first-order chi connectivity index (χ1) is 18.3. The summed E-state index contributed by atoms with van der Waals surface area (Å²) in [4.78, 5) is 11.3. The second kappa shape index (κ2) is 9.19. The van der Waals surface area contributed by atoms with E-state index in [1.807, 2.05) is 6.07 Å². The second-order valence-corrected chi connectivity index (χ2v) is 11.5. The molecule has 0 unspecified atom stereocenters. The normalized spacial score (nSPS) is 21.2. The quantitative estimate of drug-likeness (QED) is 0.315. The van der Waals surface area contributed by atoms with Gasteiger partial charge < -0.3 is 15.2 Å². The maximum Gasteiger partial charge on any atom is 0.320 e. The molecule has 6 rings (SSSR count). The summed E-state index contributed by atoms with van der Waals surface area (Å²) in [7, 11) is 1.43. The van der Waals surface area contributed by atoms with Crippen LogP contribution in [0.25, 0.3) is 32.1 Å². The van der Waals surface area contributed by atoms with Gasteiger partial charge in [0.1, 0.15) is 29.0 Å². The number of rotatable bonds is 5.